The zero-order chi connectivity index (χ0) is 15.7. The molecule has 9 nitrogen and oxygen atoms in total. The Kier molecular flexibility index (Phi) is 3.84. The van der Waals surface area contributed by atoms with Crippen LogP contribution in [-0.2, 0) is 12.2 Å². The number of rotatable bonds is 5. The molecule has 0 amide bonds. The van der Waals surface area contributed by atoms with Gasteiger partial charge in [0.2, 0.25) is 16.9 Å². The van der Waals surface area contributed by atoms with Crippen molar-refractivity contribution in [2.24, 2.45) is 0 Å². The molecule has 0 aliphatic heterocycles. The number of aryl methyl sites for hydroxylation is 3. The average Bonchev–Trinajstić information content (AvgIpc) is 3.17. The summed E-state index contributed by atoms with van der Waals surface area (Å²) in [5.41, 5.74) is 1.84. The zero-order valence-electron chi connectivity index (χ0n) is 12.5. The molecule has 22 heavy (non-hydrogen) atoms. The van der Waals surface area contributed by atoms with E-state index in [9.17, 15) is 0 Å². The minimum atomic E-state index is 0.466. The summed E-state index contributed by atoms with van der Waals surface area (Å²) < 4.78 is 8.51. The Morgan fingerprint density at radius 2 is 1.95 bits per heavy atom. The molecular formula is C12H16N8OS. The molecule has 0 aromatic carbocycles. The van der Waals surface area contributed by atoms with Crippen LogP contribution in [-0.4, -0.2) is 34.9 Å². The van der Waals surface area contributed by atoms with Crippen molar-refractivity contribution in [3.63, 3.8) is 0 Å². The number of aromatic nitrogens is 7. The lowest BCUT2D eigenvalue weighted by Gasteiger charge is -2.03. The second-order valence-electron chi connectivity index (χ2n) is 4.72. The maximum Gasteiger partial charge on any atom is 0.271 e. The highest BCUT2D eigenvalue weighted by Gasteiger charge is 2.16. The molecule has 0 atom stereocenters. The monoisotopic (exact) mass is 320 g/mol. The van der Waals surface area contributed by atoms with Crippen molar-refractivity contribution < 1.29 is 4.42 Å². The van der Waals surface area contributed by atoms with Gasteiger partial charge in [-0.15, -0.1) is 20.4 Å². The van der Waals surface area contributed by atoms with E-state index in [0.29, 0.717) is 35.1 Å². The first-order chi connectivity index (χ1) is 10.6. The molecule has 0 saturated carbocycles. The van der Waals surface area contributed by atoms with Crippen LogP contribution in [0.4, 0.5) is 0 Å². The van der Waals surface area contributed by atoms with E-state index in [1.807, 2.05) is 26.8 Å². The summed E-state index contributed by atoms with van der Waals surface area (Å²) in [5, 5.41) is 21.0. The van der Waals surface area contributed by atoms with Gasteiger partial charge in [-0.05, 0) is 19.9 Å². The first kappa shape index (κ1) is 14.6. The van der Waals surface area contributed by atoms with Crippen molar-refractivity contribution >= 4 is 11.8 Å². The predicted molar refractivity (Wildman–Crippen MR) is 80.0 cm³/mol. The standard InChI is InChI=1S/C12H16N8OS/c1-4-9-14-15-10(21-9)6-22-12-17-16-11(19(12)13)20-8(3)5-7(2)18-20/h5H,4,6,13H2,1-3H3. The van der Waals surface area contributed by atoms with Gasteiger partial charge in [-0.25, -0.2) is 9.36 Å². The predicted octanol–water partition coefficient (Wildman–Crippen LogP) is 1.03. The minimum Gasteiger partial charge on any atom is -0.424 e. The third kappa shape index (κ3) is 2.69. The van der Waals surface area contributed by atoms with Gasteiger partial charge in [0, 0.05) is 12.1 Å². The Bertz CT molecular complexity index is 789. The van der Waals surface area contributed by atoms with Crippen molar-refractivity contribution in [3.05, 3.63) is 29.2 Å². The highest BCUT2D eigenvalue weighted by Crippen LogP contribution is 2.21. The Morgan fingerprint density at radius 1 is 1.18 bits per heavy atom. The number of nitrogens with zero attached hydrogens (tertiary/aromatic N) is 7. The summed E-state index contributed by atoms with van der Waals surface area (Å²) in [5.74, 6) is 8.16. The van der Waals surface area contributed by atoms with Gasteiger partial charge in [-0.2, -0.15) is 5.10 Å². The molecule has 0 unspecified atom stereocenters. The molecule has 0 saturated heterocycles. The third-order valence-electron chi connectivity index (χ3n) is 2.98. The number of hydrogen-bond acceptors (Lipinski definition) is 8. The SMILES string of the molecule is CCc1nnc(CSc2nnc(-n3nc(C)cc3C)n2N)o1. The molecule has 0 radical (unpaired) electrons. The van der Waals surface area contributed by atoms with Crippen LogP contribution in [0.15, 0.2) is 15.6 Å². The van der Waals surface area contributed by atoms with E-state index >= 15 is 0 Å². The number of nitrogen functional groups attached to an aromatic ring is 1. The van der Waals surface area contributed by atoms with Gasteiger partial charge in [-0.3, -0.25) is 0 Å². The smallest absolute Gasteiger partial charge is 0.271 e. The van der Waals surface area contributed by atoms with E-state index in [1.165, 1.54) is 16.4 Å². The van der Waals surface area contributed by atoms with Gasteiger partial charge < -0.3 is 10.3 Å². The Labute approximate surface area is 130 Å². The Hall–Kier alpha value is -2.36. The van der Waals surface area contributed by atoms with Crippen molar-refractivity contribution in [2.75, 3.05) is 5.84 Å². The fourth-order valence-corrected chi connectivity index (χ4v) is 2.65. The summed E-state index contributed by atoms with van der Waals surface area (Å²) in [6.07, 6.45) is 0.715. The summed E-state index contributed by atoms with van der Waals surface area (Å²) in [6, 6.07) is 1.95. The van der Waals surface area contributed by atoms with Crippen LogP contribution in [0, 0.1) is 13.8 Å². The van der Waals surface area contributed by atoms with E-state index in [1.54, 1.807) is 4.68 Å². The molecule has 2 N–H and O–H groups in total. The first-order valence-electron chi connectivity index (χ1n) is 6.76. The van der Waals surface area contributed by atoms with Crippen LogP contribution in [0.1, 0.15) is 30.1 Å². The van der Waals surface area contributed by atoms with Crippen LogP contribution in [0.3, 0.4) is 0 Å². The van der Waals surface area contributed by atoms with Crippen molar-refractivity contribution in [1.29, 1.82) is 0 Å². The molecule has 3 heterocycles. The van der Waals surface area contributed by atoms with Crippen molar-refractivity contribution in [3.8, 4) is 5.95 Å². The van der Waals surface area contributed by atoms with Gasteiger partial charge in [0.05, 0.1) is 11.4 Å². The quantitative estimate of drug-likeness (QED) is 0.548. The van der Waals surface area contributed by atoms with Crippen LogP contribution < -0.4 is 5.84 Å². The Morgan fingerprint density at radius 3 is 2.59 bits per heavy atom. The molecule has 3 aromatic rings. The molecule has 0 fully saturated rings. The van der Waals surface area contributed by atoms with E-state index < -0.39 is 0 Å². The number of nitrogens with two attached hydrogens (primary N) is 1. The molecule has 0 aliphatic rings. The van der Waals surface area contributed by atoms with Gasteiger partial charge >= 0.3 is 0 Å². The number of hydrogen-bond donors (Lipinski definition) is 1. The fourth-order valence-electron chi connectivity index (χ4n) is 1.96. The number of thioether (sulfide) groups is 1. The van der Waals surface area contributed by atoms with Crippen LogP contribution in [0.5, 0.6) is 0 Å². The lowest BCUT2D eigenvalue weighted by Crippen LogP contribution is -2.17. The lowest BCUT2D eigenvalue weighted by molar-refractivity contribution is 0.469. The van der Waals surface area contributed by atoms with Gasteiger partial charge in [0.15, 0.2) is 0 Å². The second kappa shape index (κ2) is 5.79. The zero-order valence-corrected chi connectivity index (χ0v) is 13.3. The molecule has 0 spiro atoms. The van der Waals surface area contributed by atoms with Gasteiger partial charge in [0.1, 0.15) is 0 Å². The van der Waals surface area contributed by atoms with Crippen LogP contribution in [0.25, 0.3) is 5.95 Å². The normalized spacial score (nSPS) is 11.2. The fraction of sp³-hybridized carbons (Fsp3) is 0.417. The first-order valence-corrected chi connectivity index (χ1v) is 7.75. The topological polar surface area (TPSA) is 113 Å². The molecule has 0 aliphatic carbocycles. The van der Waals surface area contributed by atoms with E-state index in [0.717, 1.165) is 11.4 Å². The molecule has 0 bridgehead atoms. The van der Waals surface area contributed by atoms with Crippen LogP contribution >= 0.6 is 11.8 Å². The summed E-state index contributed by atoms with van der Waals surface area (Å²) in [7, 11) is 0. The lowest BCUT2D eigenvalue weighted by atomic mass is 10.4. The molecular weight excluding hydrogens is 304 g/mol. The summed E-state index contributed by atoms with van der Waals surface area (Å²) >= 11 is 1.38. The largest absolute Gasteiger partial charge is 0.424 e. The maximum atomic E-state index is 6.05. The average molecular weight is 320 g/mol. The highest BCUT2D eigenvalue weighted by molar-refractivity contribution is 7.98. The Balaban J connectivity index is 1.77. The van der Waals surface area contributed by atoms with E-state index in [4.69, 9.17) is 10.3 Å². The molecule has 3 rings (SSSR count). The second-order valence-corrected chi connectivity index (χ2v) is 5.67. The van der Waals surface area contributed by atoms with E-state index in [-0.39, 0.29) is 0 Å². The maximum absolute atomic E-state index is 6.05. The van der Waals surface area contributed by atoms with Crippen LogP contribution in [0.2, 0.25) is 0 Å². The minimum absolute atomic E-state index is 0.466. The summed E-state index contributed by atoms with van der Waals surface area (Å²) in [6.45, 7) is 5.81. The van der Waals surface area contributed by atoms with Crippen molar-refractivity contribution in [2.45, 2.75) is 38.1 Å². The molecule has 3 aromatic heterocycles. The molecule has 10 heteroatoms. The van der Waals surface area contributed by atoms with Gasteiger partial charge in [0.25, 0.3) is 5.95 Å². The highest BCUT2D eigenvalue weighted by atomic mass is 32.2. The van der Waals surface area contributed by atoms with Gasteiger partial charge in [-0.1, -0.05) is 18.7 Å². The summed E-state index contributed by atoms with van der Waals surface area (Å²) in [4.78, 5) is 0. The molecule has 116 valence electrons. The van der Waals surface area contributed by atoms with E-state index in [2.05, 4.69) is 25.5 Å². The third-order valence-corrected chi connectivity index (χ3v) is 3.91. The van der Waals surface area contributed by atoms with Crippen molar-refractivity contribution in [1.82, 2.24) is 34.9 Å².